The lowest BCUT2D eigenvalue weighted by molar-refractivity contribution is -0.200. The lowest BCUT2D eigenvalue weighted by atomic mass is 9.48. The zero-order valence-corrected chi connectivity index (χ0v) is 20.8. The molecule has 2 N–H and O–H groups in total. The second-order valence-electron chi connectivity index (χ2n) is 11.2. The van der Waals surface area contributed by atoms with E-state index in [0.29, 0.717) is 18.6 Å². The molecule has 1 aromatic carbocycles. The second kappa shape index (κ2) is 7.58. The average molecular weight is 493 g/mol. The van der Waals surface area contributed by atoms with Gasteiger partial charge >= 0.3 is 0 Å². The Hall–Kier alpha value is -2.35. The van der Waals surface area contributed by atoms with Crippen LogP contribution in [0.2, 0.25) is 0 Å². The molecule has 7 heteroatoms. The number of likely N-dealkylation sites (N-methyl/N-ethyl adjacent to an activating group) is 1. The summed E-state index contributed by atoms with van der Waals surface area (Å²) in [7, 11) is 1.85. The summed E-state index contributed by atoms with van der Waals surface area (Å²) in [5.74, 6) is 1.36. The number of aromatic hydroxyl groups is 1. The third kappa shape index (κ3) is 2.98. The number of rotatable bonds is 5. The molecule has 0 radical (unpaired) electrons. The maximum absolute atomic E-state index is 13.2. The van der Waals surface area contributed by atoms with E-state index in [1.165, 1.54) is 18.4 Å². The molecule has 0 unspecified atom stereocenters. The first-order valence-corrected chi connectivity index (χ1v) is 13.8. The molecule has 35 heavy (non-hydrogen) atoms. The minimum absolute atomic E-state index is 0.0476. The minimum Gasteiger partial charge on any atom is -0.504 e. The maximum atomic E-state index is 13.2. The van der Waals surface area contributed by atoms with Gasteiger partial charge in [0.25, 0.3) is 0 Å². The highest BCUT2D eigenvalue weighted by molar-refractivity contribution is 7.08. The van der Waals surface area contributed by atoms with Crippen molar-refractivity contribution in [1.29, 1.82) is 0 Å². The van der Waals surface area contributed by atoms with E-state index in [1.54, 1.807) is 28.4 Å². The molecular weight excluding hydrogens is 460 g/mol. The molecule has 1 saturated heterocycles. The molecule has 1 spiro atoms. The topological polar surface area (TPSA) is 73.2 Å². The molecule has 3 heterocycles. The van der Waals surface area contributed by atoms with Gasteiger partial charge in [-0.3, -0.25) is 9.69 Å². The van der Waals surface area contributed by atoms with Crippen LogP contribution < -0.4 is 4.74 Å². The highest BCUT2D eigenvalue weighted by Crippen LogP contribution is 2.66. The fourth-order valence-corrected chi connectivity index (χ4v) is 8.30. The maximum Gasteiger partial charge on any atom is 0.246 e. The molecule has 1 amide bonds. The van der Waals surface area contributed by atoms with Crippen molar-refractivity contribution in [1.82, 2.24) is 9.80 Å². The van der Waals surface area contributed by atoms with Crippen LogP contribution in [0.25, 0.3) is 6.08 Å². The van der Waals surface area contributed by atoms with Crippen molar-refractivity contribution in [2.75, 3.05) is 20.1 Å². The number of hydrogen-bond donors (Lipinski definition) is 2. The molecule has 3 fully saturated rings. The number of aliphatic hydroxyl groups is 1. The van der Waals surface area contributed by atoms with Crippen molar-refractivity contribution in [3.63, 3.8) is 0 Å². The predicted molar refractivity (Wildman–Crippen MR) is 135 cm³/mol. The van der Waals surface area contributed by atoms with Crippen LogP contribution >= 0.6 is 11.3 Å². The number of amides is 1. The average Bonchev–Trinajstić information content (AvgIpc) is 3.36. The summed E-state index contributed by atoms with van der Waals surface area (Å²) in [5.41, 5.74) is 1.68. The number of nitrogens with zero attached hydrogens (tertiary/aromatic N) is 2. The molecule has 5 aliphatic rings. The van der Waals surface area contributed by atoms with Crippen LogP contribution in [0.15, 0.2) is 35.0 Å². The summed E-state index contributed by atoms with van der Waals surface area (Å²) in [6.07, 6.45) is 8.57. The number of carbonyl (C=O) groups excluding carboxylic acids is 1. The number of thiophene rings is 1. The molecular formula is C28H32N2O4S. The van der Waals surface area contributed by atoms with Crippen molar-refractivity contribution in [2.24, 2.45) is 5.92 Å². The van der Waals surface area contributed by atoms with E-state index in [1.807, 2.05) is 36.0 Å². The van der Waals surface area contributed by atoms with E-state index in [-0.39, 0.29) is 29.8 Å². The molecule has 2 aliphatic heterocycles. The van der Waals surface area contributed by atoms with Gasteiger partial charge in [-0.15, -0.1) is 0 Å². The van der Waals surface area contributed by atoms with Crippen LogP contribution in [0, 0.1) is 5.92 Å². The normalized spacial score (nSPS) is 35.1. The quantitative estimate of drug-likeness (QED) is 0.625. The minimum atomic E-state index is -0.927. The first-order valence-electron chi connectivity index (χ1n) is 12.9. The summed E-state index contributed by atoms with van der Waals surface area (Å²) in [4.78, 5) is 17.6. The summed E-state index contributed by atoms with van der Waals surface area (Å²) in [6.45, 7) is 1.98. The van der Waals surface area contributed by atoms with E-state index >= 15 is 0 Å². The first kappa shape index (κ1) is 21.9. The Morgan fingerprint density at radius 3 is 2.91 bits per heavy atom. The third-order valence-corrected chi connectivity index (χ3v) is 10.2. The monoisotopic (exact) mass is 492 g/mol. The van der Waals surface area contributed by atoms with Gasteiger partial charge in [-0.05, 0) is 91.1 Å². The van der Waals surface area contributed by atoms with Crippen molar-refractivity contribution >= 4 is 23.3 Å². The summed E-state index contributed by atoms with van der Waals surface area (Å²) in [6, 6.07) is 5.62. The number of hydrogen-bond acceptors (Lipinski definition) is 6. The van der Waals surface area contributed by atoms with E-state index in [9.17, 15) is 15.0 Å². The van der Waals surface area contributed by atoms with Gasteiger partial charge in [-0.1, -0.05) is 6.07 Å². The number of likely N-dealkylation sites (tertiary alicyclic amines) is 1. The predicted octanol–water partition coefficient (Wildman–Crippen LogP) is 3.56. The van der Waals surface area contributed by atoms with Crippen molar-refractivity contribution < 1.29 is 19.7 Å². The Balaban J connectivity index is 1.28. The third-order valence-electron chi connectivity index (χ3n) is 9.54. The Labute approximate surface area is 209 Å². The Kier molecular flexibility index (Phi) is 4.74. The number of phenolic OH excluding ortho intramolecular Hbond substituents is 1. The Morgan fingerprint density at radius 2 is 2.14 bits per heavy atom. The summed E-state index contributed by atoms with van der Waals surface area (Å²) in [5, 5.41) is 27.4. The smallest absolute Gasteiger partial charge is 0.246 e. The van der Waals surface area contributed by atoms with Crippen LogP contribution in [-0.2, 0) is 16.6 Å². The second-order valence-corrected chi connectivity index (χ2v) is 12.0. The van der Waals surface area contributed by atoms with E-state index < -0.39 is 11.0 Å². The molecule has 7 rings (SSSR count). The summed E-state index contributed by atoms with van der Waals surface area (Å²) >= 11 is 1.61. The van der Waals surface area contributed by atoms with Gasteiger partial charge in [-0.25, -0.2) is 0 Å². The van der Waals surface area contributed by atoms with Crippen LogP contribution in [0.3, 0.4) is 0 Å². The van der Waals surface area contributed by atoms with Crippen LogP contribution in [0.4, 0.5) is 0 Å². The molecule has 5 atom stereocenters. The van der Waals surface area contributed by atoms with E-state index in [0.717, 1.165) is 43.0 Å². The number of benzene rings is 1. The zero-order valence-electron chi connectivity index (χ0n) is 20.0. The number of piperidine rings is 1. The molecule has 1 aromatic heterocycles. The van der Waals surface area contributed by atoms with Crippen LogP contribution in [0.1, 0.15) is 48.8 Å². The molecule has 3 aliphatic carbocycles. The van der Waals surface area contributed by atoms with Gasteiger partial charge in [0.1, 0.15) is 6.10 Å². The van der Waals surface area contributed by atoms with E-state index in [4.69, 9.17) is 4.74 Å². The molecule has 184 valence electrons. The van der Waals surface area contributed by atoms with Crippen LogP contribution in [-0.4, -0.2) is 69.8 Å². The Morgan fingerprint density at radius 1 is 1.29 bits per heavy atom. The van der Waals surface area contributed by atoms with Crippen molar-refractivity contribution in [3.05, 3.63) is 51.7 Å². The largest absolute Gasteiger partial charge is 0.504 e. The fourth-order valence-electron chi connectivity index (χ4n) is 7.67. The molecule has 2 bridgehead atoms. The number of carbonyl (C=O) groups is 1. The lowest BCUT2D eigenvalue weighted by Crippen LogP contribution is -2.78. The SMILES string of the molecule is CN(C(=O)C=Cc1ccsc1)[C@@H]1CC[C@@]2(O)[C@H]3Cc4ccc(O)c5c4[C@@]2(CCN3CC2CC2)[C@H]1O5. The van der Waals surface area contributed by atoms with Gasteiger partial charge in [0.05, 0.1) is 17.1 Å². The number of phenols is 1. The van der Waals surface area contributed by atoms with Gasteiger partial charge < -0.3 is 19.8 Å². The zero-order chi connectivity index (χ0) is 23.9. The van der Waals surface area contributed by atoms with Gasteiger partial charge in [-0.2, -0.15) is 11.3 Å². The van der Waals surface area contributed by atoms with Gasteiger partial charge in [0.2, 0.25) is 5.91 Å². The van der Waals surface area contributed by atoms with Crippen molar-refractivity contribution in [3.8, 4) is 11.5 Å². The van der Waals surface area contributed by atoms with E-state index in [2.05, 4.69) is 4.90 Å². The van der Waals surface area contributed by atoms with Crippen molar-refractivity contribution in [2.45, 2.75) is 67.7 Å². The number of ether oxygens (including phenoxy) is 1. The Bertz CT molecular complexity index is 1210. The first-order chi connectivity index (χ1) is 16.9. The summed E-state index contributed by atoms with van der Waals surface area (Å²) < 4.78 is 6.59. The fraction of sp³-hybridized carbons (Fsp3) is 0.536. The lowest BCUT2D eigenvalue weighted by Gasteiger charge is -2.64. The standard InChI is InChI=1S/C28H32N2O4S/c1-29(23(32)7-4-18-9-13-35-16-18)20-8-10-28(33)22-14-19-5-6-21(31)25-24(19)27(28,26(20)34-25)11-12-30(22)15-17-2-3-17/h4-7,9,13,16-17,20,22,26,31,33H,2-3,8,10-12,14-15H2,1H3/t20-,22-,26+,27+,28-/m1/s1. The highest BCUT2D eigenvalue weighted by atomic mass is 32.1. The molecule has 2 aromatic rings. The molecule has 6 nitrogen and oxygen atoms in total. The molecule has 2 saturated carbocycles. The van der Waals surface area contributed by atoms with Crippen LogP contribution in [0.5, 0.6) is 11.5 Å². The van der Waals surface area contributed by atoms with Gasteiger partial charge in [0, 0.05) is 31.3 Å². The van der Waals surface area contributed by atoms with Gasteiger partial charge in [0.15, 0.2) is 11.5 Å². The highest BCUT2D eigenvalue weighted by Gasteiger charge is 2.73.